The number of aliphatic hydroxyl groups excluding tert-OH is 4. The Balaban J connectivity index is 0.000000131. The summed E-state index contributed by atoms with van der Waals surface area (Å²) in [6.07, 6.45) is 21.4. The second-order valence-corrected chi connectivity index (χ2v) is 35.6. The number of rotatable bonds is 12. The van der Waals surface area contributed by atoms with Crippen LogP contribution in [-0.4, -0.2) is 202 Å². The van der Waals surface area contributed by atoms with Crippen LogP contribution in [0.15, 0.2) is 147 Å². The van der Waals surface area contributed by atoms with Crippen LogP contribution in [0.25, 0.3) is 45.0 Å². The number of likely N-dealkylation sites (tertiary alicyclic amines) is 4. The van der Waals surface area contributed by atoms with Crippen molar-refractivity contribution in [3.63, 3.8) is 0 Å². The van der Waals surface area contributed by atoms with E-state index in [9.17, 15) is 39.6 Å². The van der Waals surface area contributed by atoms with Crippen molar-refractivity contribution in [2.24, 2.45) is 23.7 Å². The molecule has 4 aromatic carbocycles. The molecule has 24 heteroatoms. The van der Waals surface area contributed by atoms with E-state index in [-0.39, 0.29) is 72.2 Å². The van der Waals surface area contributed by atoms with Gasteiger partial charge in [0.25, 0.3) is 0 Å². The maximum Gasteiger partial charge on any atom is 0.410 e. The van der Waals surface area contributed by atoms with Crippen LogP contribution in [0.2, 0.25) is 0 Å². The third kappa shape index (κ3) is 18.8. The molecule has 0 bridgehead atoms. The summed E-state index contributed by atoms with van der Waals surface area (Å²) in [4.78, 5) is 73.2. The zero-order valence-corrected chi connectivity index (χ0v) is 67.3. The zero-order valence-electron chi connectivity index (χ0n) is 67.3. The highest BCUT2D eigenvalue weighted by Gasteiger charge is 2.41. The number of amides is 4. The van der Waals surface area contributed by atoms with Crippen LogP contribution in [0.3, 0.4) is 0 Å². The summed E-state index contributed by atoms with van der Waals surface area (Å²) in [5, 5.41) is 43.9. The van der Waals surface area contributed by atoms with Crippen LogP contribution < -0.4 is 0 Å². The molecule has 4 saturated heterocycles. The molecular weight excluding hydrogens is 1420 g/mol. The Morgan fingerprint density at radius 2 is 0.500 bits per heavy atom. The maximum absolute atomic E-state index is 12.2. The first kappa shape index (κ1) is 80.7. The van der Waals surface area contributed by atoms with Crippen molar-refractivity contribution >= 4 is 24.4 Å². The molecule has 0 unspecified atom stereocenters. The van der Waals surface area contributed by atoms with Crippen LogP contribution in [0.4, 0.5) is 19.2 Å². The highest BCUT2D eigenvalue weighted by molar-refractivity contribution is 5.73. The molecule has 12 heterocycles. The Labute approximate surface area is 659 Å². The Morgan fingerprint density at radius 1 is 0.321 bits per heavy atom. The van der Waals surface area contributed by atoms with Gasteiger partial charge in [-0.1, -0.05) is 97.1 Å². The topological polar surface area (TPSA) is 270 Å². The number of aliphatic hydroxyl groups is 4. The van der Waals surface area contributed by atoms with Crippen molar-refractivity contribution in [3.05, 3.63) is 169 Å². The SMILES string of the molecule is CC(C)(C)OC(=O)N1CCC([C@@H](O)C[C@@H]2c3ccccc3-c3cncn32)CC1.CC(C)(C)OC(=O)N1CCC([C@@H](O)C[C@H]2c3ccccc3-c3cncn32)CC1.CC(C)(C)OC(=O)N1CCC([C@H](O)C[C@@H]2c3ccccc3-c3cncn32)CC1.CC(C)(C)OC(=O)N1CCC([C@H](O)C[C@H]2c3ccccc3-c3cncn32)CC1. The number of aromatic nitrogens is 8. The van der Waals surface area contributed by atoms with Crippen LogP contribution in [0, 0.1) is 23.7 Å². The largest absolute Gasteiger partial charge is 0.444 e. The Kier molecular flexibility index (Phi) is 24.3. The van der Waals surface area contributed by atoms with E-state index in [1.165, 1.54) is 44.5 Å². The minimum Gasteiger partial charge on any atom is -0.444 e. The molecule has 8 aliphatic heterocycles. The van der Waals surface area contributed by atoms with Gasteiger partial charge in [0.15, 0.2) is 0 Å². The monoisotopic (exact) mass is 1530 g/mol. The molecule has 0 saturated carbocycles. The smallest absolute Gasteiger partial charge is 0.410 e. The summed E-state index contributed by atoms with van der Waals surface area (Å²) in [5.74, 6) is 0.772. The summed E-state index contributed by atoms with van der Waals surface area (Å²) < 4.78 is 30.5. The molecule has 4 amide bonds. The quantitative estimate of drug-likeness (QED) is 0.0828. The molecule has 4 aromatic heterocycles. The van der Waals surface area contributed by atoms with Gasteiger partial charge in [-0.3, -0.25) is 0 Å². The van der Waals surface area contributed by atoms with Crippen molar-refractivity contribution in [1.82, 2.24) is 57.8 Å². The lowest BCUT2D eigenvalue weighted by atomic mass is 9.86. The Bertz CT molecular complexity index is 3950. The number of imidazole rings is 4. The summed E-state index contributed by atoms with van der Waals surface area (Å²) >= 11 is 0. The molecular formula is C88H116N12O12. The number of hydrogen-bond acceptors (Lipinski definition) is 16. The molecule has 0 aliphatic carbocycles. The van der Waals surface area contributed by atoms with E-state index in [1.807, 2.05) is 157 Å². The average Bonchev–Trinajstić information content (AvgIpc) is 1.63. The highest BCUT2D eigenvalue weighted by Crippen LogP contribution is 2.47. The van der Waals surface area contributed by atoms with Crippen LogP contribution in [-0.2, 0) is 18.9 Å². The maximum atomic E-state index is 12.2. The number of ether oxygens (including phenoxy) is 4. The van der Waals surface area contributed by atoms with Crippen molar-refractivity contribution in [2.75, 3.05) is 52.4 Å². The van der Waals surface area contributed by atoms with Crippen molar-refractivity contribution in [3.8, 4) is 45.0 Å². The molecule has 112 heavy (non-hydrogen) atoms. The minimum absolute atomic E-state index is 0.118. The van der Waals surface area contributed by atoms with E-state index in [2.05, 4.69) is 111 Å². The first-order chi connectivity index (χ1) is 53.3. The van der Waals surface area contributed by atoms with Crippen LogP contribution >= 0.6 is 0 Å². The lowest BCUT2D eigenvalue weighted by Gasteiger charge is -2.35. The van der Waals surface area contributed by atoms with Gasteiger partial charge in [0.1, 0.15) is 22.4 Å². The average molecular weight is 1530 g/mol. The Hall–Kier alpha value is -9.36. The van der Waals surface area contributed by atoms with E-state index in [1.54, 1.807) is 19.6 Å². The lowest BCUT2D eigenvalue weighted by molar-refractivity contribution is 0.00510. The first-order valence-electron chi connectivity index (χ1n) is 40.4. The number of piperidine rings is 4. The van der Waals surface area contributed by atoms with Crippen molar-refractivity contribution in [1.29, 1.82) is 0 Å². The van der Waals surface area contributed by atoms with E-state index >= 15 is 0 Å². The fourth-order valence-electron chi connectivity index (χ4n) is 17.5. The van der Waals surface area contributed by atoms with Gasteiger partial charge in [-0.05, 0) is 206 Å². The number of hydrogen-bond donors (Lipinski definition) is 4. The molecule has 24 nitrogen and oxygen atoms in total. The number of benzene rings is 4. The minimum atomic E-state index is -0.480. The van der Waals surface area contributed by atoms with Crippen LogP contribution in [0.1, 0.15) is 207 Å². The number of fused-ring (bicyclic) bond motifs is 12. The van der Waals surface area contributed by atoms with E-state index < -0.39 is 46.8 Å². The number of carbonyl (C=O) groups excluding carboxylic acids is 4. The normalized spacial score (nSPS) is 20.6. The van der Waals surface area contributed by atoms with E-state index in [0.29, 0.717) is 78.0 Å². The second-order valence-electron chi connectivity index (χ2n) is 35.6. The molecule has 4 N–H and O–H groups in total. The van der Waals surface area contributed by atoms with Gasteiger partial charge in [0, 0.05) is 74.6 Å². The predicted molar refractivity (Wildman–Crippen MR) is 428 cm³/mol. The Morgan fingerprint density at radius 3 is 0.679 bits per heavy atom. The zero-order chi connectivity index (χ0) is 79.6. The first-order valence-corrected chi connectivity index (χ1v) is 40.4. The second kappa shape index (κ2) is 33.8. The fourth-order valence-corrected chi connectivity index (χ4v) is 17.5. The third-order valence-corrected chi connectivity index (χ3v) is 23.2. The van der Waals surface area contributed by atoms with Gasteiger partial charge in [0.05, 0.1) is 121 Å². The number of carbonyl (C=O) groups is 4. The van der Waals surface area contributed by atoms with Gasteiger partial charge in [-0.25, -0.2) is 39.1 Å². The summed E-state index contributed by atoms with van der Waals surface area (Å²) in [7, 11) is 0. The standard InChI is InChI=1S/4C22H29N3O3/c4*1-22(2,3)28-21(27)24-10-8-15(9-11-24)20(26)12-18-16-6-4-5-7-17(16)19-13-23-14-25(18)19/h4*4-7,13-15,18,20,26H,8-12H2,1-3H3/t2*18-,20+;2*18-,20-/m1010/s1. The summed E-state index contributed by atoms with van der Waals surface area (Å²) in [6.45, 7) is 27.6. The van der Waals surface area contributed by atoms with Gasteiger partial charge in [0.2, 0.25) is 0 Å². The van der Waals surface area contributed by atoms with Gasteiger partial charge in [-0.2, -0.15) is 0 Å². The van der Waals surface area contributed by atoms with Gasteiger partial charge in [-0.15, -0.1) is 0 Å². The third-order valence-electron chi connectivity index (χ3n) is 23.2. The van der Waals surface area contributed by atoms with Crippen molar-refractivity contribution < 1.29 is 58.6 Å². The molecule has 8 atom stereocenters. The molecule has 8 aliphatic rings. The van der Waals surface area contributed by atoms with E-state index in [4.69, 9.17) is 18.9 Å². The molecule has 16 rings (SSSR count). The van der Waals surface area contributed by atoms with Crippen molar-refractivity contribution in [2.45, 2.75) is 231 Å². The van der Waals surface area contributed by atoms with Gasteiger partial charge < -0.3 is 77.2 Å². The molecule has 600 valence electrons. The fraction of sp³-hybridized carbons (Fsp3) is 0.545. The lowest BCUT2D eigenvalue weighted by Crippen LogP contribution is -2.43. The number of nitrogens with zero attached hydrogens (tertiary/aromatic N) is 12. The van der Waals surface area contributed by atoms with Crippen LogP contribution in [0.5, 0.6) is 0 Å². The van der Waals surface area contributed by atoms with Gasteiger partial charge >= 0.3 is 24.4 Å². The summed E-state index contributed by atoms with van der Waals surface area (Å²) in [6, 6.07) is 33.9. The molecule has 8 aromatic rings. The molecule has 0 spiro atoms. The predicted octanol–water partition coefficient (Wildman–Crippen LogP) is 15.4. The summed E-state index contributed by atoms with van der Waals surface area (Å²) in [5.41, 5.74) is 12.4. The molecule has 4 fully saturated rings. The van der Waals surface area contributed by atoms with E-state index in [0.717, 1.165) is 74.1 Å². The molecule has 0 radical (unpaired) electrons. The highest BCUT2D eigenvalue weighted by atomic mass is 16.6.